The van der Waals surface area contributed by atoms with Crippen molar-refractivity contribution in [1.82, 2.24) is 0 Å². The Hall–Kier alpha value is -2.08. The van der Waals surface area contributed by atoms with Gasteiger partial charge >= 0.3 is 0 Å². The summed E-state index contributed by atoms with van der Waals surface area (Å²) in [5.41, 5.74) is 0.493. The number of rotatable bonds is 2. The molecule has 2 aromatic carbocycles. The fourth-order valence-corrected chi connectivity index (χ4v) is 2.18. The highest BCUT2D eigenvalue weighted by atomic mass is 79.9. The first-order valence-electron chi connectivity index (χ1n) is 5.79. The van der Waals surface area contributed by atoms with E-state index in [1.54, 1.807) is 24.3 Å². The Labute approximate surface area is 122 Å². The van der Waals surface area contributed by atoms with Crippen molar-refractivity contribution in [2.45, 2.75) is 0 Å². The summed E-state index contributed by atoms with van der Waals surface area (Å²) in [6.45, 7) is 0.161. The van der Waals surface area contributed by atoms with Crippen LogP contribution in [0, 0.1) is 5.82 Å². The molecule has 0 aliphatic carbocycles. The van der Waals surface area contributed by atoms with Crippen molar-refractivity contribution >= 4 is 27.5 Å². The SMILES string of the molecule is O=C(Nc1ccc2c(c1)OCO2)c1ccc(Br)cc1F. The Bertz CT molecular complexity index is 690. The summed E-state index contributed by atoms with van der Waals surface area (Å²) in [6.07, 6.45) is 0. The zero-order valence-electron chi connectivity index (χ0n) is 10.2. The zero-order chi connectivity index (χ0) is 14.1. The predicted octanol–water partition coefficient (Wildman–Crippen LogP) is 3.57. The second-order valence-electron chi connectivity index (χ2n) is 4.15. The van der Waals surface area contributed by atoms with E-state index in [0.717, 1.165) is 0 Å². The number of hydrogen-bond donors (Lipinski definition) is 1. The molecule has 0 fully saturated rings. The molecule has 0 radical (unpaired) electrons. The fourth-order valence-electron chi connectivity index (χ4n) is 1.85. The molecule has 1 heterocycles. The van der Waals surface area contributed by atoms with Crippen LogP contribution in [0.25, 0.3) is 0 Å². The van der Waals surface area contributed by atoms with E-state index in [1.165, 1.54) is 12.1 Å². The lowest BCUT2D eigenvalue weighted by Crippen LogP contribution is -2.13. The number of hydrogen-bond acceptors (Lipinski definition) is 3. The van der Waals surface area contributed by atoms with E-state index in [9.17, 15) is 9.18 Å². The molecule has 0 aromatic heterocycles. The van der Waals surface area contributed by atoms with Gasteiger partial charge in [-0.25, -0.2) is 4.39 Å². The summed E-state index contributed by atoms with van der Waals surface area (Å²) in [4.78, 5) is 12.0. The van der Waals surface area contributed by atoms with Gasteiger partial charge in [-0.3, -0.25) is 4.79 Å². The van der Waals surface area contributed by atoms with E-state index < -0.39 is 11.7 Å². The third kappa shape index (κ3) is 2.46. The summed E-state index contributed by atoms with van der Waals surface area (Å²) in [7, 11) is 0. The van der Waals surface area contributed by atoms with E-state index in [-0.39, 0.29) is 12.4 Å². The Morgan fingerprint density at radius 3 is 2.75 bits per heavy atom. The normalized spacial score (nSPS) is 12.3. The molecular weight excluding hydrogens is 329 g/mol. The number of benzene rings is 2. The number of amides is 1. The molecular formula is C14H9BrFNO3. The van der Waals surface area contributed by atoms with Crippen molar-refractivity contribution in [2.24, 2.45) is 0 Å². The Balaban J connectivity index is 1.82. The van der Waals surface area contributed by atoms with Crippen molar-refractivity contribution in [2.75, 3.05) is 12.1 Å². The van der Waals surface area contributed by atoms with Gasteiger partial charge in [0.1, 0.15) is 5.82 Å². The molecule has 1 amide bonds. The third-order valence-electron chi connectivity index (χ3n) is 2.81. The van der Waals surface area contributed by atoms with Gasteiger partial charge in [0.2, 0.25) is 6.79 Å². The van der Waals surface area contributed by atoms with Crippen LogP contribution < -0.4 is 14.8 Å². The topological polar surface area (TPSA) is 47.6 Å². The van der Waals surface area contributed by atoms with Crippen LogP contribution in [0.4, 0.5) is 10.1 Å². The van der Waals surface area contributed by atoms with Crippen LogP contribution in [-0.4, -0.2) is 12.7 Å². The van der Waals surface area contributed by atoms with Gasteiger partial charge in [0.05, 0.1) is 5.56 Å². The van der Waals surface area contributed by atoms with Crippen molar-refractivity contribution < 1.29 is 18.7 Å². The second kappa shape index (κ2) is 5.13. The van der Waals surface area contributed by atoms with Gasteiger partial charge in [-0.1, -0.05) is 15.9 Å². The molecule has 0 saturated heterocycles. The lowest BCUT2D eigenvalue weighted by molar-refractivity contribution is 0.102. The Morgan fingerprint density at radius 1 is 1.15 bits per heavy atom. The molecule has 6 heteroatoms. The quantitative estimate of drug-likeness (QED) is 0.911. The molecule has 1 N–H and O–H groups in total. The number of carbonyl (C=O) groups is 1. The molecule has 4 nitrogen and oxygen atoms in total. The van der Waals surface area contributed by atoms with Crippen molar-refractivity contribution in [3.05, 3.63) is 52.3 Å². The molecule has 0 atom stereocenters. The van der Waals surface area contributed by atoms with Gasteiger partial charge in [0.15, 0.2) is 11.5 Å². The molecule has 0 saturated carbocycles. The van der Waals surface area contributed by atoms with Crippen LogP contribution in [0.15, 0.2) is 40.9 Å². The maximum Gasteiger partial charge on any atom is 0.258 e. The molecule has 20 heavy (non-hydrogen) atoms. The number of carbonyl (C=O) groups excluding carboxylic acids is 1. The van der Waals surface area contributed by atoms with E-state index in [1.807, 2.05) is 0 Å². The van der Waals surface area contributed by atoms with Gasteiger partial charge in [0, 0.05) is 16.2 Å². The standard InChI is InChI=1S/C14H9BrFNO3/c15-8-1-3-10(11(16)5-8)14(18)17-9-2-4-12-13(6-9)20-7-19-12/h1-6H,7H2,(H,17,18). The number of halogens is 2. The summed E-state index contributed by atoms with van der Waals surface area (Å²) >= 11 is 3.14. The molecule has 0 spiro atoms. The Morgan fingerprint density at radius 2 is 1.95 bits per heavy atom. The minimum atomic E-state index is -0.586. The van der Waals surface area contributed by atoms with Gasteiger partial charge in [0.25, 0.3) is 5.91 Å². The first-order chi connectivity index (χ1) is 9.63. The maximum atomic E-state index is 13.7. The highest BCUT2D eigenvalue weighted by Crippen LogP contribution is 2.34. The maximum absolute atomic E-state index is 13.7. The van der Waals surface area contributed by atoms with Crippen LogP contribution in [0.5, 0.6) is 11.5 Å². The number of anilines is 1. The smallest absolute Gasteiger partial charge is 0.258 e. The minimum absolute atomic E-state index is 0.0223. The largest absolute Gasteiger partial charge is 0.454 e. The van der Waals surface area contributed by atoms with Gasteiger partial charge in [-0.05, 0) is 30.3 Å². The third-order valence-corrected chi connectivity index (χ3v) is 3.30. The van der Waals surface area contributed by atoms with E-state index >= 15 is 0 Å². The van der Waals surface area contributed by atoms with Crippen LogP contribution in [0.2, 0.25) is 0 Å². The Kier molecular flexibility index (Phi) is 3.31. The second-order valence-corrected chi connectivity index (χ2v) is 5.06. The van der Waals surface area contributed by atoms with Gasteiger partial charge in [-0.2, -0.15) is 0 Å². The van der Waals surface area contributed by atoms with E-state index in [2.05, 4.69) is 21.2 Å². The minimum Gasteiger partial charge on any atom is -0.454 e. The molecule has 0 unspecified atom stereocenters. The number of ether oxygens (including phenoxy) is 2. The lowest BCUT2D eigenvalue weighted by Gasteiger charge is -2.07. The van der Waals surface area contributed by atoms with Crippen molar-refractivity contribution in [3.63, 3.8) is 0 Å². The summed E-state index contributed by atoms with van der Waals surface area (Å²) in [6, 6.07) is 9.27. The summed E-state index contributed by atoms with van der Waals surface area (Å²) in [5, 5.41) is 2.62. The van der Waals surface area contributed by atoms with Crippen LogP contribution >= 0.6 is 15.9 Å². The first-order valence-corrected chi connectivity index (χ1v) is 6.59. The average Bonchev–Trinajstić information content (AvgIpc) is 2.85. The van der Waals surface area contributed by atoms with Crippen LogP contribution in [0.3, 0.4) is 0 Å². The van der Waals surface area contributed by atoms with Crippen molar-refractivity contribution in [3.8, 4) is 11.5 Å². The van der Waals surface area contributed by atoms with E-state index in [4.69, 9.17) is 9.47 Å². The molecule has 1 aliphatic heterocycles. The van der Waals surface area contributed by atoms with Crippen LogP contribution in [0.1, 0.15) is 10.4 Å². The highest BCUT2D eigenvalue weighted by Gasteiger charge is 2.16. The van der Waals surface area contributed by atoms with Crippen molar-refractivity contribution in [1.29, 1.82) is 0 Å². The molecule has 0 bridgehead atoms. The van der Waals surface area contributed by atoms with Gasteiger partial charge < -0.3 is 14.8 Å². The lowest BCUT2D eigenvalue weighted by atomic mass is 10.2. The van der Waals surface area contributed by atoms with E-state index in [0.29, 0.717) is 21.7 Å². The highest BCUT2D eigenvalue weighted by molar-refractivity contribution is 9.10. The summed E-state index contributed by atoms with van der Waals surface area (Å²) in [5.74, 6) is 0.0726. The number of nitrogens with one attached hydrogen (secondary N) is 1. The van der Waals surface area contributed by atoms with Crippen LogP contribution in [-0.2, 0) is 0 Å². The summed E-state index contributed by atoms with van der Waals surface area (Å²) < 4.78 is 24.7. The zero-order valence-corrected chi connectivity index (χ0v) is 11.7. The number of fused-ring (bicyclic) bond motifs is 1. The average molecular weight is 338 g/mol. The molecule has 2 aromatic rings. The fraction of sp³-hybridized carbons (Fsp3) is 0.0714. The molecule has 102 valence electrons. The monoisotopic (exact) mass is 337 g/mol. The molecule has 3 rings (SSSR count). The van der Waals surface area contributed by atoms with Gasteiger partial charge in [-0.15, -0.1) is 0 Å². The molecule has 1 aliphatic rings. The predicted molar refractivity (Wildman–Crippen MR) is 74.6 cm³/mol. The first kappa shape index (κ1) is 12.9.